The maximum Gasteiger partial charge on any atom is 0.0720 e. The molecule has 0 saturated heterocycles. The van der Waals surface area contributed by atoms with E-state index in [9.17, 15) is 5.11 Å². The molecule has 2 nitrogen and oxygen atoms in total. The largest absolute Gasteiger partial charge is 0.396 e. The lowest BCUT2D eigenvalue weighted by Gasteiger charge is -2.58. The molecule has 3 rings (SSSR count). The Kier molecular flexibility index (Phi) is 4.85. The predicted molar refractivity (Wildman–Crippen MR) is 94.1 cm³/mol. The lowest BCUT2D eigenvalue weighted by Crippen LogP contribution is -2.54. The average molecular weight is 316 g/mol. The lowest BCUT2D eigenvalue weighted by atomic mass is 9.48. The van der Waals surface area contributed by atoms with Gasteiger partial charge >= 0.3 is 0 Å². The molecule has 0 spiro atoms. The van der Waals surface area contributed by atoms with Crippen LogP contribution in [0, 0.1) is 22.7 Å². The van der Waals surface area contributed by atoms with Crippen molar-refractivity contribution in [3.05, 3.63) is 35.9 Å². The molecule has 0 aliphatic heterocycles. The number of fused-ring (bicyclic) bond motifs is 1. The Labute approximate surface area is 141 Å². The lowest BCUT2D eigenvalue weighted by molar-refractivity contribution is -0.157. The van der Waals surface area contributed by atoms with Gasteiger partial charge in [-0.3, -0.25) is 0 Å². The molecule has 0 radical (unpaired) electrons. The topological polar surface area (TPSA) is 29.5 Å². The second-order valence-electron chi connectivity index (χ2n) is 8.60. The maximum atomic E-state index is 10.2. The minimum Gasteiger partial charge on any atom is -0.396 e. The first kappa shape index (κ1) is 17.0. The van der Waals surface area contributed by atoms with E-state index in [4.69, 9.17) is 4.74 Å². The summed E-state index contributed by atoms with van der Waals surface area (Å²) in [5.74, 6) is 0.974. The molecule has 0 bridgehead atoms. The summed E-state index contributed by atoms with van der Waals surface area (Å²) in [4.78, 5) is 0. The Morgan fingerprint density at radius 1 is 1.09 bits per heavy atom. The van der Waals surface area contributed by atoms with Gasteiger partial charge in [0.05, 0.1) is 12.7 Å². The minimum atomic E-state index is 0.190. The van der Waals surface area contributed by atoms with Crippen LogP contribution in [0.15, 0.2) is 30.3 Å². The SMILES string of the molecule is CC1(C)CCC[C@]2(C)[C@@H](CO)[C@H](OCc3ccccc3)CC[C@@H]12. The third-order valence-electron chi connectivity index (χ3n) is 6.82. The highest BCUT2D eigenvalue weighted by Gasteiger charge is 2.54. The van der Waals surface area contributed by atoms with E-state index in [1.165, 1.54) is 31.2 Å². The van der Waals surface area contributed by atoms with E-state index < -0.39 is 0 Å². The highest BCUT2D eigenvalue weighted by molar-refractivity contribution is 5.13. The van der Waals surface area contributed by atoms with Gasteiger partial charge in [-0.05, 0) is 48.0 Å². The number of benzene rings is 1. The van der Waals surface area contributed by atoms with Crippen molar-refractivity contribution in [2.45, 2.75) is 65.6 Å². The number of aliphatic hydroxyl groups is 1. The van der Waals surface area contributed by atoms with Gasteiger partial charge in [0, 0.05) is 12.5 Å². The number of ether oxygens (including phenoxy) is 1. The first-order valence-electron chi connectivity index (χ1n) is 9.24. The van der Waals surface area contributed by atoms with Gasteiger partial charge < -0.3 is 9.84 Å². The van der Waals surface area contributed by atoms with E-state index in [0.29, 0.717) is 17.9 Å². The fourth-order valence-corrected chi connectivity index (χ4v) is 5.59. The van der Waals surface area contributed by atoms with Crippen LogP contribution in [0.4, 0.5) is 0 Å². The summed E-state index contributed by atoms with van der Waals surface area (Å²) < 4.78 is 6.29. The Balaban J connectivity index is 1.74. The van der Waals surface area contributed by atoms with E-state index >= 15 is 0 Å². The molecular weight excluding hydrogens is 284 g/mol. The summed E-state index contributed by atoms with van der Waals surface area (Å²) in [6.45, 7) is 8.18. The molecule has 128 valence electrons. The summed E-state index contributed by atoms with van der Waals surface area (Å²) in [6.07, 6.45) is 6.34. The fourth-order valence-electron chi connectivity index (χ4n) is 5.59. The monoisotopic (exact) mass is 316 g/mol. The van der Waals surface area contributed by atoms with Gasteiger partial charge in [-0.25, -0.2) is 0 Å². The van der Waals surface area contributed by atoms with E-state index in [1.54, 1.807) is 0 Å². The Morgan fingerprint density at radius 2 is 1.83 bits per heavy atom. The quantitative estimate of drug-likeness (QED) is 0.864. The zero-order valence-corrected chi connectivity index (χ0v) is 14.9. The zero-order valence-electron chi connectivity index (χ0n) is 14.9. The predicted octanol–water partition coefficient (Wildman–Crippen LogP) is 4.81. The molecule has 2 heteroatoms. The van der Waals surface area contributed by atoms with Crippen molar-refractivity contribution in [1.82, 2.24) is 0 Å². The summed E-state index contributed by atoms with van der Waals surface area (Å²) in [6, 6.07) is 10.4. The molecule has 1 aromatic rings. The van der Waals surface area contributed by atoms with E-state index in [0.717, 1.165) is 6.42 Å². The molecule has 2 aliphatic rings. The van der Waals surface area contributed by atoms with Gasteiger partial charge in [0.2, 0.25) is 0 Å². The number of rotatable bonds is 4. The third-order valence-corrected chi connectivity index (χ3v) is 6.82. The van der Waals surface area contributed by atoms with Crippen molar-refractivity contribution >= 4 is 0 Å². The Bertz CT molecular complexity index is 510. The van der Waals surface area contributed by atoms with Crippen molar-refractivity contribution in [2.75, 3.05) is 6.61 Å². The Hall–Kier alpha value is -0.860. The van der Waals surface area contributed by atoms with Gasteiger partial charge in [-0.2, -0.15) is 0 Å². The summed E-state index contributed by atoms with van der Waals surface area (Å²) >= 11 is 0. The average Bonchev–Trinajstić information content (AvgIpc) is 2.52. The molecule has 0 aromatic heterocycles. The van der Waals surface area contributed by atoms with Crippen LogP contribution in [0.1, 0.15) is 58.4 Å². The molecule has 2 saturated carbocycles. The van der Waals surface area contributed by atoms with Crippen molar-refractivity contribution in [3.8, 4) is 0 Å². The molecule has 1 aromatic carbocycles. The molecule has 0 unspecified atom stereocenters. The van der Waals surface area contributed by atoms with E-state index in [-0.39, 0.29) is 24.0 Å². The van der Waals surface area contributed by atoms with Crippen molar-refractivity contribution in [3.63, 3.8) is 0 Å². The van der Waals surface area contributed by atoms with Crippen LogP contribution >= 0.6 is 0 Å². The van der Waals surface area contributed by atoms with Gasteiger partial charge in [0.15, 0.2) is 0 Å². The second kappa shape index (κ2) is 6.57. The molecular formula is C21H32O2. The number of aliphatic hydroxyl groups excluding tert-OH is 1. The van der Waals surface area contributed by atoms with Crippen LogP contribution < -0.4 is 0 Å². The van der Waals surface area contributed by atoms with Crippen LogP contribution in [0.25, 0.3) is 0 Å². The third kappa shape index (κ3) is 3.21. The first-order valence-corrected chi connectivity index (χ1v) is 9.24. The van der Waals surface area contributed by atoms with Crippen molar-refractivity contribution in [1.29, 1.82) is 0 Å². The van der Waals surface area contributed by atoms with Crippen molar-refractivity contribution < 1.29 is 9.84 Å². The van der Waals surface area contributed by atoms with Crippen molar-refractivity contribution in [2.24, 2.45) is 22.7 Å². The molecule has 23 heavy (non-hydrogen) atoms. The first-order chi connectivity index (χ1) is 11.0. The molecule has 1 N–H and O–H groups in total. The number of hydrogen-bond acceptors (Lipinski definition) is 2. The van der Waals surface area contributed by atoms with Crippen LogP contribution in [0.5, 0.6) is 0 Å². The fraction of sp³-hybridized carbons (Fsp3) is 0.714. The van der Waals surface area contributed by atoms with Crippen LogP contribution in [-0.2, 0) is 11.3 Å². The summed E-state index contributed by atoms with van der Waals surface area (Å²) in [7, 11) is 0. The van der Waals surface area contributed by atoms with Gasteiger partial charge in [-0.1, -0.05) is 57.5 Å². The van der Waals surface area contributed by atoms with Gasteiger partial charge in [0.1, 0.15) is 0 Å². The van der Waals surface area contributed by atoms with Crippen LogP contribution in [-0.4, -0.2) is 17.8 Å². The second-order valence-corrected chi connectivity index (χ2v) is 8.60. The van der Waals surface area contributed by atoms with Gasteiger partial charge in [0.25, 0.3) is 0 Å². The normalized spacial score (nSPS) is 36.4. The highest BCUT2D eigenvalue weighted by atomic mass is 16.5. The molecule has 0 heterocycles. The highest BCUT2D eigenvalue weighted by Crippen LogP contribution is 2.60. The maximum absolute atomic E-state index is 10.2. The van der Waals surface area contributed by atoms with Crippen LogP contribution in [0.3, 0.4) is 0 Å². The minimum absolute atomic E-state index is 0.190. The number of hydrogen-bond donors (Lipinski definition) is 1. The molecule has 2 fully saturated rings. The summed E-state index contributed by atoms with van der Waals surface area (Å²) in [5.41, 5.74) is 1.83. The molecule has 4 atom stereocenters. The zero-order chi connectivity index (χ0) is 16.5. The Morgan fingerprint density at radius 3 is 2.52 bits per heavy atom. The smallest absolute Gasteiger partial charge is 0.0720 e. The molecule has 2 aliphatic carbocycles. The van der Waals surface area contributed by atoms with Crippen LogP contribution in [0.2, 0.25) is 0 Å². The van der Waals surface area contributed by atoms with Gasteiger partial charge in [-0.15, -0.1) is 0 Å². The van der Waals surface area contributed by atoms with E-state index in [2.05, 4.69) is 45.0 Å². The van der Waals surface area contributed by atoms with E-state index in [1.807, 2.05) is 6.07 Å². The standard InChI is InChI=1S/C21H32O2/c1-20(2)12-7-13-21(3)17(14-22)18(10-11-19(20)21)23-15-16-8-5-4-6-9-16/h4-6,8-9,17-19,22H,7,10-15H2,1-3H3/t17-,18+,19-,21+/m0/s1. The molecule has 0 amide bonds. The summed E-state index contributed by atoms with van der Waals surface area (Å²) in [5, 5.41) is 10.2.